The van der Waals surface area contributed by atoms with Gasteiger partial charge in [0, 0.05) is 30.7 Å². The van der Waals surface area contributed by atoms with Crippen LogP contribution < -0.4 is 15.5 Å². The number of carbonyl (C=O) groups excluding carboxylic acids is 3. The molecule has 2 aliphatic heterocycles. The summed E-state index contributed by atoms with van der Waals surface area (Å²) in [5, 5.41) is 7.62. The van der Waals surface area contributed by atoms with E-state index in [0.29, 0.717) is 37.2 Å². The molecule has 0 radical (unpaired) electrons. The number of hydrogen-bond donors (Lipinski definition) is 2. The molecule has 0 aromatic heterocycles. The molecule has 2 aliphatic rings. The van der Waals surface area contributed by atoms with Gasteiger partial charge < -0.3 is 25.3 Å². The first-order valence-corrected chi connectivity index (χ1v) is 14.7. The van der Waals surface area contributed by atoms with Gasteiger partial charge >= 0.3 is 12.2 Å². The van der Waals surface area contributed by atoms with Gasteiger partial charge in [-0.3, -0.25) is 9.59 Å². The van der Waals surface area contributed by atoms with Crippen molar-refractivity contribution in [1.29, 1.82) is 0 Å². The molecule has 4 aromatic carbocycles. The molecular formula is C34H32F3N5O3. The smallest absolute Gasteiger partial charge is 0.350 e. The number of urea groups is 1. The Morgan fingerprint density at radius 1 is 0.844 bits per heavy atom. The van der Waals surface area contributed by atoms with Gasteiger partial charge in [0.15, 0.2) is 0 Å². The van der Waals surface area contributed by atoms with Crippen LogP contribution in [0.1, 0.15) is 24.0 Å². The summed E-state index contributed by atoms with van der Waals surface area (Å²) in [6, 6.07) is 27.5. The maximum absolute atomic E-state index is 14.0. The number of carbonyl (C=O) groups is 3. The average Bonchev–Trinajstić information content (AvgIpc) is 3.30. The van der Waals surface area contributed by atoms with Crippen molar-refractivity contribution in [2.45, 2.75) is 31.1 Å². The summed E-state index contributed by atoms with van der Waals surface area (Å²) >= 11 is 0. The van der Waals surface area contributed by atoms with E-state index in [1.54, 1.807) is 4.90 Å². The molecule has 4 aromatic rings. The molecule has 0 saturated carbocycles. The van der Waals surface area contributed by atoms with Gasteiger partial charge in [-0.1, -0.05) is 66.7 Å². The lowest BCUT2D eigenvalue weighted by Gasteiger charge is -2.43. The van der Waals surface area contributed by atoms with Gasteiger partial charge in [-0.05, 0) is 54.1 Å². The molecule has 232 valence electrons. The van der Waals surface area contributed by atoms with E-state index in [0.717, 1.165) is 28.6 Å². The van der Waals surface area contributed by atoms with Crippen LogP contribution in [-0.2, 0) is 22.3 Å². The lowest BCUT2D eigenvalue weighted by Crippen LogP contribution is -2.58. The molecule has 45 heavy (non-hydrogen) atoms. The number of fused-ring (bicyclic) bond motifs is 1. The number of likely N-dealkylation sites (tertiary alicyclic amines) is 1. The molecule has 0 aliphatic carbocycles. The number of piperidine rings is 1. The van der Waals surface area contributed by atoms with Gasteiger partial charge in [-0.25, -0.2) is 4.79 Å². The number of halogens is 3. The van der Waals surface area contributed by atoms with Crippen LogP contribution in [-0.4, -0.2) is 59.5 Å². The molecule has 2 N–H and O–H groups in total. The number of amides is 4. The summed E-state index contributed by atoms with van der Waals surface area (Å²) in [4.78, 5) is 45.4. The molecule has 0 atom stereocenters. The summed E-state index contributed by atoms with van der Waals surface area (Å²) in [5.74, 6) is -0.688. The van der Waals surface area contributed by atoms with Crippen LogP contribution >= 0.6 is 0 Å². The van der Waals surface area contributed by atoms with Crippen molar-refractivity contribution in [1.82, 2.24) is 15.1 Å². The zero-order valence-electron chi connectivity index (χ0n) is 24.4. The van der Waals surface area contributed by atoms with Crippen LogP contribution in [0.3, 0.4) is 0 Å². The zero-order chi connectivity index (χ0) is 31.6. The third-order valence-electron chi connectivity index (χ3n) is 8.57. The standard InChI is InChI=1S/C34H32F3N5O3/c35-34(36,37)26-11-6-8-24(20-26)21-38-30(43)22-41-23-42(27-12-2-1-3-13-27)33(31(41)44)16-18-40(19-17-33)32(45)39-29-15-7-10-25-9-4-5-14-28(25)29/h1-15,20H,16-19,21-23H2,(H,38,43)(H,39,45). The predicted molar refractivity (Wildman–Crippen MR) is 165 cm³/mol. The Labute approximate surface area is 258 Å². The first-order chi connectivity index (χ1) is 21.6. The quantitative estimate of drug-likeness (QED) is 0.285. The van der Waals surface area contributed by atoms with Gasteiger partial charge in [-0.2, -0.15) is 13.2 Å². The first-order valence-electron chi connectivity index (χ1n) is 14.7. The highest BCUT2D eigenvalue weighted by molar-refractivity contribution is 6.02. The van der Waals surface area contributed by atoms with E-state index >= 15 is 0 Å². The third kappa shape index (κ3) is 6.15. The van der Waals surface area contributed by atoms with Gasteiger partial charge in [0.25, 0.3) is 5.91 Å². The summed E-state index contributed by atoms with van der Waals surface area (Å²) < 4.78 is 39.3. The Balaban J connectivity index is 1.13. The normalized spacial score (nSPS) is 16.3. The van der Waals surface area contributed by atoms with E-state index < -0.39 is 23.2 Å². The van der Waals surface area contributed by atoms with Crippen molar-refractivity contribution in [3.8, 4) is 0 Å². The highest BCUT2D eigenvalue weighted by atomic mass is 19.4. The molecule has 1 spiro atoms. The van der Waals surface area contributed by atoms with Crippen LogP contribution in [0.4, 0.5) is 29.3 Å². The fourth-order valence-electron chi connectivity index (χ4n) is 6.22. The number of para-hydroxylation sites is 1. The Hall–Kier alpha value is -5.06. The zero-order valence-corrected chi connectivity index (χ0v) is 24.4. The van der Waals surface area contributed by atoms with Crippen molar-refractivity contribution in [2.24, 2.45) is 0 Å². The molecule has 0 bridgehead atoms. The minimum atomic E-state index is -4.48. The maximum atomic E-state index is 14.0. The number of nitrogens with zero attached hydrogens (tertiary/aromatic N) is 3. The van der Waals surface area contributed by atoms with Crippen molar-refractivity contribution >= 4 is 40.0 Å². The maximum Gasteiger partial charge on any atom is 0.416 e. The predicted octanol–water partition coefficient (Wildman–Crippen LogP) is 5.85. The van der Waals surface area contributed by atoms with Gasteiger partial charge in [0.1, 0.15) is 12.1 Å². The largest absolute Gasteiger partial charge is 0.416 e. The minimum Gasteiger partial charge on any atom is -0.350 e. The summed E-state index contributed by atoms with van der Waals surface area (Å²) in [7, 11) is 0. The molecule has 2 saturated heterocycles. The van der Waals surface area contributed by atoms with Crippen molar-refractivity contribution < 1.29 is 27.6 Å². The number of nitrogens with one attached hydrogen (secondary N) is 2. The average molecular weight is 616 g/mol. The lowest BCUT2D eigenvalue weighted by atomic mass is 9.85. The highest BCUT2D eigenvalue weighted by Crippen LogP contribution is 2.39. The van der Waals surface area contributed by atoms with Crippen molar-refractivity contribution in [3.63, 3.8) is 0 Å². The number of rotatable bonds is 6. The second-order valence-electron chi connectivity index (χ2n) is 11.4. The Morgan fingerprint density at radius 3 is 2.29 bits per heavy atom. The van der Waals surface area contributed by atoms with Crippen molar-refractivity contribution in [3.05, 3.63) is 108 Å². The van der Waals surface area contributed by atoms with Gasteiger partial charge in [0.05, 0.1) is 17.9 Å². The van der Waals surface area contributed by atoms with E-state index in [1.807, 2.05) is 77.7 Å². The Morgan fingerprint density at radius 2 is 1.53 bits per heavy atom. The van der Waals surface area contributed by atoms with Crippen LogP contribution in [0, 0.1) is 0 Å². The summed E-state index contributed by atoms with van der Waals surface area (Å²) in [5.41, 5.74) is 0.109. The van der Waals surface area contributed by atoms with E-state index in [-0.39, 0.29) is 31.7 Å². The minimum absolute atomic E-state index is 0.0981. The van der Waals surface area contributed by atoms with Crippen LogP contribution in [0.5, 0.6) is 0 Å². The molecule has 2 heterocycles. The van der Waals surface area contributed by atoms with Gasteiger partial charge in [-0.15, -0.1) is 0 Å². The number of anilines is 2. The number of alkyl halides is 3. The number of benzene rings is 4. The topological polar surface area (TPSA) is 85.0 Å². The van der Waals surface area contributed by atoms with Crippen molar-refractivity contribution in [2.75, 3.05) is 36.5 Å². The van der Waals surface area contributed by atoms with E-state index in [1.165, 1.54) is 17.0 Å². The summed E-state index contributed by atoms with van der Waals surface area (Å²) in [6.07, 6.45) is -3.75. The van der Waals surface area contributed by atoms with Crippen LogP contribution in [0.25, 0.3) is 10.8 Å². The van der Waals surface area contributed by atoms with E-state index in [9.17, 15) is 27.6 Å². The molecule has 0 unspecified atom stereocenters. The SMILES string of the molecule is O=C(CN1CN(c2ccccc2)C2(CCN(C(=O)Nc3cccc4ccccc34)CC2)C1=O)NCc1cccc(C(F)(F)F)c1. The summed E-state index contributed by atoms with van der Waals surface area (Å²) in [6.45, 7) is 0.498. The van der Waals surface area contributed by atoms with Crippen LogP contribution in [0.2, 0.25) is 0 Å². The van der Waals surface area contributed by atoms with Gasteiger partial charge in [0.2, 0.25) is 5.91 Å². The molecule has 6 rings (SSSR count). The Kier molecular flexibility index (Phi) is 8.09. The van der Waals surface area contributed by atoms with Crippen LogP contribution in [0.15, 0.2) is 97.1 Å². The number of hydrogen-bond acceptors (Lipinski definition) is 4. The monoisotopic (exact) mass is 615 g/mol. The Bertz CT molecular complexity index is 1720. The fourth-order valence-corrected chi connectivity index (χ4v) is 6.22. The second kappa shape index (κ2) is 12.1. The molecule has 4 amide bonds. The van der Waals surface area contributed by atoms with E-state index in [2.05, 4.69) is 10.6 Å². The van der Waals surface area contributed by atoms with E-state index in [4.69, 9.17) is 0 Å². The fraction of sp³-hybridized carbons (Fsp3) is 0.265. The molecule has 8 nitrogen and oxygen atoms in total. The third-order valence-corrected chi connectivity index (χ3v) is 8.57. The molecule has 11 heteroatoms. The highest BCUT2D eigenvalue weighted by Gasteiger charge is 2.54. The molecule has 2 fully saturated rings. The molecular weight excluding hydrogens is 583 g/mol. The second-order valence-corrected chi connectivity index (χ2v) is 11.4. The lowest BCUT2D eigenvalue weighted by molar-refractivity contribution is -0.138. The first kappa shape index (κ1) is 30.0.